The van der Waals surface area contributed by atoms with Gasteiger partial charge in [-0.2, -0.15) is 0 Å². The lowest BCUT2D eigenvalue weighted by molar-refractivity contribution is -0.213. The number of oxime groups is 1. The second-order valence-electron chi connectivity index (χ2n) is 11.6. The first kappa shape index (κ1) is 36.7. The number of nitrogens with zero attached hydrogens (tertiary/aromatic N) is 1. The van der Waals surface area contributed by atoms with Crippen LogP contribution in [0.5, 0.6) is 0 Å². The summed E-state index contributed by atoms with van der Waals surface area (Å²) in [6.07, 6.45) is -6.83. The highest BCUT2D eigenvalue weighted by Gasteiger charge is 2.54. The van der Waals surface area contributed by atoms with Gasteiger partial charge in [0.05, 0.1) is 28.5 Å². The van der Waals surface area contributed by atoms with E-state index in [-0.39, 0.29) is 28.0 Å². The number of ether oxygens (including phenoxy) is 5. The van der Waals surface area contributed by atoms with E-state index in [0.29, 0.717) is 0 Å². The van der Waals surface area contributed by atoms with Gasteiger partial charge >= 0.3 is 29.8 Å². The number of nitrogens with two attached hydrogens (primary N) is 1. The van der Waals surface area contributed by atoms with Crippen LogP contribution in [0.4, 0.5) is 0 Å². The maximum Gasteiger partial charge on any atom is 0.400 e. The maximum absolute atomic E-state index is 13.7. The van der Waals surface area contributed by atoms with Crippen LogP contribution in [0, 0.1) is 0 Å². The quantitative estimate of drug-likeness (QED) is 0.0450. The van der Waals surface area contributed by atoms with Crippen molar-refractivity contribution in [3.05, 3.63) is 168 Å². The van der Waals surface area contributed by atoms with Gasteiger partial charge in [-0.1, -0.05) is 78.0 Å². The molecule has 4 aromatic carbocycles. The molecule has 14 nitrogen and oxygen atoms in total. The fraction of sp³-hybridized carbons (Fsp3) is 0.150. The van der Waals surface area contributed by atoms with Gasteiger partial charge in [-0.3, -0.25) is 0 Å². The van der Waals surface area contributed by atoms with Crippen molar-refractivity contribution in [2.45, 2.75) is 30.5 Å². The molecule has 1 aliphatic rings. The summed E-state index contributed by atoms with van der Waals surface area (Å²) in [5, 5.41) is 3.73. The highest BCUT2D eigenvalue weighted by Crippen LogP contribution is 2.31. The zero-order valence-electron chi connectivity index (χ0n) is 28.3. The fourth-order valence-electron chi connectivity index (χ4n) is 5.39. The van der Waals surface area contributed by atoms with Crippen LogP contribution in [-0.4, -0.2) is 72.8 Å². The molecule has 2 heterocycles. The Bertz CT molecular complexity index is 2070. The molecule has 0 unspecified atom stereocenters. The first-order valence-corrected chi connectivity index (χ1v) is 16.5. The molecule has 14 heteroatoms. The third-order valence-corrected chi connectivity index (χ3v) is 8.03. The molecule has 1 aromatic heterocycles. The highest BCUT2D eigenvalue weighted by atomic mass is 16.7. The van der Waals surface area contributed by atoms with Crippen LogP contribution in [0.15, 0.2) is 149 Å². The zero-order valence-corrected chi connectivity index (χ0v) is 28.3. The number of hydrogen-bond donors (Lipinski definition) is 1. The molecule has 5 aromatic rings. The molecule has 1 saturated heterocycles. The van der Waals surface area contributed by atoms with Gasteiger partial charge < -0.3 is 38.7 Å². The van der Waals surface area contributed by atoms with E-state index in [0.717, 1.165) is 0 Å². The average Bonchev–Trinajstić information content (AvgIpc) is 3.77. The number of rotatable bonds is 12. The van der Waals surface area contributed by atoms with E-state index >= 15 is 0 Å². The van der Waals surface area contributed by atoms with Crippen molar-refractivity contribution < 1.29 is 56.9 Å². The summed E-state index contributed by atoms with van der Waals surface area (Å²) in [5.41, 5.74) is 6.90. The van der Waals surface area contributed by atoms with Gasteiger partial charge in [0, 0.05) is 0 Å². The SMILES string of the molecule is N/C(=N\OC(=O)c1ccco1)[C@@H]1O[C@H](COC(=O)c2ccccc2)[C@@H](OC(=O)c2ccccc2)[C@H](OC(=O)c2ccccc2)[C@H]1OC(=O)c1ccccc1. The van der Waals surface area contributed by atoms with Crippen molar-refractivity contribution in [1.29, 1.82) is 0 Å². The minimum Gasteiger partial charge on any atom is -0.459 e. The second kappa shape index (κ2) is 17.4. The Labute approximate surface area is 308 Å². The lowest BCUT2D eigenvalue weighted by Crippen LogP contribution is -2.65. The molecule has 274 valence electrons. The van der Waals surface area contributed by atoms with E-state index in [2.05, 4.69) is 5.16 Å². The lowest BCUT2D eigenvalue weighted by Gasteiger charge is -2.44. The molecule has 0 bridgehead atoms. The molecule has 0 spiro atoms. The third kappa shape index (κ3) is 9.05. The normalized spacial score (nSPS) is 19.5. The van der Waals surface area contributed by atoms with Gasteiger partial charge in [0.1, 0.15) is 12.7 Å². The molecule has 0 aliphatic carbocycles. The topological polar surface area (TPSA) is 192 Å². The summed E-state index contributed by atoms with van der Waals surface area (Å²) in [6, 6.07) is 34.5. The van der Waals surface area contributed by atoms with Gasteiger partial charge in [0.2, 0.25) is 5.76 Å². The Hall–Kier alpha value is -7.06. The Morgan fingerprint density at radius 1 is 0.537 bits per heavy atom. The summed E-state index contributed by atoms with van der Waals surface area (Å²) < 4.78 is 34.9. The van der Waals surface area contributed by atoms with Crippen LogP contribution in [0.2, 0.25) is 0 Å². The van der Waals surface area contributed by atoms with Crippen molar-refractivity contribution in [2.24, 2.45) is 10.9 Å². The van der Waals surface area contributed by atoms with Gasteiger partial charge in [-0.05, 0) is 60.7 Å². The molecule has 0 amide bonds. The van der Waals surface area contributed by atoms with Crippen molar-refractivity contribution in [2.75, 3.05) is 6.61 Å². The van der Waals surface area contributed by atoms with Crippen LogP contribution in [0.1, 0.15) is 52.0 Å². The lowest BCUT2D eigenvalue weighted by atomic mass is 9.93. The average molecular weight is 733 g/mol. The van der Waals surface area contributed by atoms with Crippen LogP contribution < -0.4 is 5.73 Å². The smallest absolute Gasteiger partial charge is 0.400 e. The van der Waals surface area contributed by atoms with Crippen molar-refractivity contribution in [1.82, 2.24) is 0 Å². The van der Waals surface area contributed by atoms with Crippen molar-refractivity contribution in [3.63, 3.8) is 0 Å². The fourth-order valence-corrected chi connectivity index (χ4v) is 5.39. The van der Waals surface area contributed by atoms with Gasteiger partial charge in [0.15, 0.2) is 30.3 Å². The molecule has 6 rings (SSSR count). The number of esters is 4. The summed E-state index contributed by atoms with van der Waals surface area (Å²) in [4.78, 5) is 71.7. The predicted molar refractivity (Wildman–Crippen MR) is 188 cm³/mol. The number of carbonyl (C=O) groups is 5. The Balaban J connectivity index is 1.42. The van der Waals surface area contributed by atoms with Crippen LogP contribution in [0.3, 0.4) is 0 Å². The Morgan fingerprint density at radius 2 is 0.981 bits per heavy atom. The molecule has 2 N–H and O–H groups in total. The van der Waals surface area contributed by atoms with Crippen molar-refractivity contribution in [3.8, 4) is 0 Å². The minimum absolute atomic E-state index is 0.0980. The minimum atomic E-state index is -1.70. The van der Waals surface area contributed by atoms with Crippen LogP contribution >= 0.6 is 0 Å². The largest absolute Gasteiger partial charge is 0.459 e. The van der Waals surface area contributed by atoms with E-state index in [1.165, 1.54) is 66.9 Å². The summed E-state index contributed by atoms with van der Waals surface area (Å²) in [5.74, 6) is -5.21. The van der Waals surface area contributed by atoms with E-state index in [4.69, 9.17) is 38.7 Å². The Morgan fingerprint density at radius 3 is 1.44 bits per heavy atom. The Kier molecular flexibility index (Phi) is 11.9. The highest BCUT2D eigenvalue weighted by molar-refractivity contribution is 5.93. The predicted octanol–water partition coefficient (Wildman–Crippen LogP) is 5.01. The van der Waals surface area contributed by atoms with E-state index < -0.39 is 72.8 Å². The monoisotopic (exact) mass is 732 g/mol. The number of carbonyl (C=O) groups excluding carboxylic acids is 5. The van der Waals surface area contributed by atoms with Crippen LogP contribution in [0.25, 0.3) is 0 Å². The standard InChI is InChI=1S/C40H32N2O12/c41-35(42-54-40(47)29-22-13-23-48-29)34-33(53-39(46)28-20-11-4-12-21-28)32(52-38(45)27-18-9-3-10-19-27)31(51-37(44)26-16-7-2-8-17-26)30(50-34)24-49-36(43)25-14-5-1-6-15-25/h1-23,30-34H,24H2,(H2,41,42)/t30-,31-,32+,33-,34-/m1/s1. The van der Waals surface area contributed by atoms with Gasteiger partial charge in [0.25, 0.3) is 0 Å². The van der Waals surface area contributed by atoms with Crippen molar-refractivity contribution >= 4 is 35.7 Å². The summed E-state index contributed by atoms with van der Waals surface area (Å²) >= 11 is 0. The molecule has 0 radical (unpaired) electrons. The van der Waals surface area contributed by atoms with Gasteiger partial charge in [-0.25, -0.2) is 24.0 Å². The summed E-state index contributed by atoms with van der Waals surface area (Å²) in [6.45, 7) is -0.588. The zero-order chi connectivity index (χ0) is 37.9. The molecule has 54 heavy (non-hydrogen) atoms. The second-order valence-corrected chi connectivity index (χ2v) is 11.6. The summed E-state index contributed by atoms with van der Waals surface area (Å²) in [7, 11) is 0. The molecule has 1 aliphatic heterocycles. The van der Waals surface area contributed by atoms with Gasteiger partial charge in [-0.15, -0.1) is 0 Å². The molecule has 0 saturated carbocycles. The number of benzene rings is 4. The molecular weight excluding hydrogens is 700 g/mol. The van der Waals surface area contributed by atoms with Crippen LogP contribution in [-0.2, 0) is 28.5 Å². The first-order valence-electron chi connectivity index (χ1n) is 16.5. The maximum atomic E-state index is 13.7. The number of hydrogen-bond acceptors (Lipinski definition) is 13. The third-order valence-electron chi connectivity index (χ3n) is 8.03. The first-order chi connectivity index (χ1) is 26.3. The molecule has 5 atom stereocenters. The molecular formula is C40H32N2O12. The van der Waals surface area contributed by atoms with E-state index in [1.54, 1.807) is 72.8 Å². The number of amidine groups is 1. The number of furan rings is 1. The molecule has 1 fully saturated rings. The van der Waals surface area contributed by atoms with E-state index in [1.807, 2.05) is 0 Å². The van der Waals surface area contributed by atoms with E-state index in [9.17, 15) is 24.0 Å².